The maximum Gasteiger partial charge on any atom is 0.297 e. The van der Waals surface area contributed by atoms with Gasteiger partial charge in [0.2, 0.25) is 5.96 Å². The molecule has 1 aliphatic heterocycles. The van der Waals surface area contributed by atoms with Gasteiger partial charge in [-0.3, -0.25) is 0 Å². The molecule has 0 amide bonds. The summed E-state index contributed by atoms with van der Waals surface area (Å²) in [6.45, 7) is 1.80. The third-order valence-electron chi connectivity index (χ3n) is 3.44. The van der Waals surface area contributed by atoms with E-state index in [9.17, 15) is 8.42 Å². The van der Waals surface area contributed by atoms with Gasteiger partial charge >= 0.3 is 0 Å². The summed E-state index contributed by atoms with van der Waals surface area (Å²) in [7, 11) is -3.64. The summed E-state index contributed by atoms with van der Waals surface area (Å²) in [5.74, 6) is 0.317. The molecule has 1 aromatic rings. The molecule has 0 spiro atoms. The molecule has 2 N–H and O–H groups in total. The highest BCUT2D eigenvalue weighted by molar-refractivity contribution is 7.92. The fraction of sp³-hybridized carbons (Fsp3) is 0.545. The molecule has 19 heavy (non-hydrogen) atoms. The zero-order valence-corrected chi connectivity index (χ0v) is 12.8. The largest absolute Gasteiger partial charge is 0.352 e. The van der Waals surface area contributed by atoms with Crippen LogP contribution in [-0.4, -0.2) is 20.4 Å². The number of thiophene rings is 1. The highest BCUT2D eigenvalue weighted by atomic mass is 35.5. The van der Waals surface area contributed by atoms with E-state index in [0.717, 1.165) is 29.7 Å². The van der Waals surface area contributed by atoms with E-state index in [4.69, 9.17) is 11.6 Å². The topological polar surface area (TPSA) is 70.6 Å². The average molecular weight is 320 g/mol. The van der Waals surface area contributed by atoms with Crippen LogP contribution in [0.4, 0.5) is 5.69 Å². The third-order valence-corrected chi connectivity index (χ3v) is 6.81. The minimum absolute atomic E-state index is 0.201. The van der Waals surface area contributed by atoms with E-state index in [0.29, 0.717) is 22.0 Å². The second-order valence-electron chi connectivity index (χ2n) is 4.83. The fourth-order valence-electron chi connectivity index (χ4n) is 2.42. The molecular weight excluding hydrogens is 306 g/mol. The van der Waals surface area contributed by atoms with Crippen molar-refractivity contribution in [2.75, 3.05) is 5.32 Å². The van der Waals surface area contributed by atoms with E-state index < -0.39 is 10.0 Å². The van der Waals surface area contributed by atoms with Crippen molar-refractivity contribution in [2.24, 2.45) is 4.40 Å². The van der Waals surface area contributed by atoms with Crippen LogP contribution in [-0.2, 0) is 10.0 Å². The molecule has 0 atom stereocenters. The number of guanidine groups is 1. The number of sulfonamides is 1. The van der Waals surface area contributed by atoms with Gasteiger partial charge in [-0.05, 0) is 19.8 Å². The Kier molecular flexibility index (Phi) is 3.23. The lowest BCUT2D eigenvalue weighted by molar-refractivity contribution is 0.597. The summed E-state index contributed by atoms with van der Waals surface area (Å²) in [4.78, 5) is 0. The van der Waals surface area contributed by atoms with Crippen molar-refractivity contribution >= 4 is 44.6 Å². The van der Waals surface area contributed by atoms with Crippen molar-refractivity contribution in [3.05, 3.63) is 9.90 Å². The van der Waals surface area contributed by atoms with Crippen LogP contribution >= 0.6 is 22.9 Å². The Morgan fingerprint density at radius 2 is 2.11 bits per heavy atom. The maximum atomic E-state index is 12.1. The van der Waals surface area contributed by atoms with Crippen molar-refractivity contribution in [2.45, 2.75) is 42.9 Å². The SMILES string of the molecule is Cc1c(Cl)sc2c1NC(NC1CCCC1)=NS2(=O)=O. The second-order valence-corrected chi connectivity index (χ2v) is 8.25. The molecule has 104 valence electrons. The van der Waals surface area contributed by atoms with Gasteiger partial charge in [-0.1, -0.05) is 24.4 Å². The van der Waals surface area contributed by atoms with E-state index >= 15 is 0 Å². The van der Waals surface area contributed by atoms with Crippen LogP contribution in [0.2, 0.25) is 4.34 Å². The molecule has 0 radical (unpaired) electrons. The standard InChI is InChI=1S/C11H14ClN3O2S2/c1-6-8-10(18-9(6)12)19(16,17)15-11(14-8)13-7-4-2-3-5-7/h7H,2-5H2,1H3,(H2,13,14,15). The second kappa shape index (κ2) is 4.64. The molecule has 1 aliphatic carbocycles. The first-order valence-corrected chi connectivity index (χ1v) is 8.78. The number of nitrogens with one attached hydrogen (secondary N) is 2. The molecule has 0 saturated heterocycles. The fourth-order valence-corrected chi connectivity index (χ4v) is 5.27. The summed E-state index contributed by atoms with van der Waals surface area (Å²) in [5, 5.41) is 6.23. The average Bonchev–Trinajstić information content (AvgIpc) is 2.91. The molecule has 1 saturated carbocycles. The Labute approximate surface area is 121 Å². The van der Waals surface area contributed by atoms with Crippen molar-refractivity contribution in [1.82, 2.24) is 5.32 Å². The molecule has 2 heterocycles. The van der Waals surface area contributed by atoms with Crippen LogP contribution in [0.3, 0.4) is 0 Å². The van der Waals surface area contributed by atoms with Gasteiger partial charge in [0.15, 0.2) is 4.21 Å². The van der Waals surface area contributed by atoms with E-state index in [2.05, 4.69) is 15.0 Å². The molecule has 1 aromatic heterocycles. The molecule has 0 bridgehead atoms. The maximum absolute atomic E-state index is 12.1. The predicted molar refractivity (Wildman–Crippen MR) is 77.7 cm³/mol. The molecule has 2 aliphatic rings. The van der Waals surface area contributed by atoms with Crippen molar-refractivity contribution in [3.8, 4) is 0 Å². The minimum atomic E-state index is -3.64. The number of hydrogen-bond donors (Lipinski definition) is 2. The zero-order chi connectivity index (χ0) is 13.6. The Balaban J connectivity index is 1.93. The summed E-state index contributed by atoms with van der Waals surface area (Å²) in [6, 6.07) is 0.303. The Morgan fingerprint density at radius 3 is 2.79 bits per heavy atom. The van der Waals surface area contributed by atoms with E-state index in [1.54, 1.807) is 6.92 Å². The van der Waals surface area contributed by atoms with Gasteiger partial charge < -0.3 is 10.6 Å². The highest BCUT2D eigenvalue weighted by Gasteiger charge is 2.31. The van der Waals surface area contributed by atoms with Gasteiger partial charge in [0.05, 0.1) is 10.0 Å². The molecule has 8 heteroatoms. The molecule has 5 nitrogen and oxygen atoms in total. The van der Waals surface area contributed by atoms with Gasteiger partial charge in [0.1, 0.15) is 0 Å². The number of halogens is 1. The summed E-state index contributed by atoms with van der Waals surface area (Å²) in [6.07, 6.45) is 4.45. The number of fused-ring (bicyclic) bond motifs is 1. The van der Waals surface area contributed by atoms with Crippen LogP contribution in [0.15, 0.2) is 8.61 Å². The number of rotatable bonds is 1. The van der Waals surface area contributed by atoms with Crippen molar-refractivity contribution < 1.29 is 8.42 Å². The lowest BCUT2D eigenvalue weighted by atomic mass is 10.2. The van der Waals surface area contributed by atoms with Gasteiger partial charge in [-0.2, -0.15) is 8.42 Å². The van der Waals surface area contributed by atoms with Crippen molar-refractivity contribution in [3.63, 3.8) is 0 Å². The molecule has 1 fully saturated rings. The number of hydrogen-bond acceptors (Lipinski definition) is 5. The molecule has 0 aromatic carbocycles. The van der Waals surface area contributed by atoms with Gasteiger partial charge in [0.25, 0.3) is 10.0 Å². The van der Waals surface area contributed by atoms with Gasteiger partial charge in [0, 0.05) is 11.6 Å². The van der Waals surface area contributed by atoms with Crippen LogP contribution < -0.4 is 10.6 Å². The van der Waals surface area contributed by atoms with Crippen LogP contribution in [0.5, 0.6) is 0 Å². The zero-order valence-electron chi connectivity index (χ0n) is 10.4. The summed E-state index contributed by atoms with van der Waals surface area (Å²) in [5.41, 5.74) is 1.32. The monoisotopic (exact) mass is 319 g/mol. The minimum Gasteiger partial charge on any atom is -0.352 e. The quantitative estimate of drug-likeness (QED) is 0.835. The molecular formula is C11H14ClN3O2S2. The first kappa shape index (κ1) is 13.2. The smallest absolute Gasteiger partial charge is 0.297 e. The lowest BCUT2D eigenvalue weighted by Gasteiger charge is -2.20. The Morgan fingerprint density at radius 1 is 1.42 bits per heavy atom. The first-order valence-electron chi connectivity index (χ1n) is 6.15. The normalized spacial score (nSPS) is 21.7. The predicted octanol–water partition coefficient (Wildman–Crippen LogP) is 2.71. The summed E-state index contributed by atoms with van der Waals surface area (Å²) < 4.78 is 28.7. The van der Waals surface area contributed by atoms with Crippen LogP contribution in [0, 0.1) is 6.92 Å². The lowest BCUT2D eigenvalue weighted by Crippen LogP contribution is -2.40. The van der Waals surface area contributed by atoms with Gasteiger partial charge in [-0.15, -0.1) is 15.7 Å². The summed E-state index contributed by atoms with van der Waals surface area (Å²) >= 11 is 7.06. The third kappa shape index (κ3) is 2.34. The molecule has 3 rings (SSSR count). The Hall–Kier alpha value is -0.790. The van der Waals surface area contributed by atoms with E-state index in [1.165, 1.54) is 12.8 Å². The highest BCUT2D eigenvalue weighted by Crippen LogP contribution is 2.42. The van der Waals surface area contributed by atoms with E-state index in [-0.39, 0.29) is 4.21 Å². The number of anilines is 1. The first-order chi connectivity index (χ1) is 8.97. The van der Waals surface area contributed by atoms with Crippen LogP contribution in [0.25, 0.3) is 0 Å². The van der Waals surface area contributed by atoms with Crippen molar-refractivity contribution in [1.29, 1.82) is 0 Å². The number of nitrogens with zero attached hydrogens (tertiary/aromatic N) is 1. The van der Waals surface area contributed by atoms with E-state index in [1.807, 2.05) is 0 Å². The van der Waals surface area contributed by atoms with Crippen LogP contribution in [0.1, 0.15) is 31.2 Å². The Bertz CT molecular complexity index is 645. The molecule has 0 unspecified atom stereocenters. The van der Waals surface area contributed by atoms with Gasteiger partial charge in [-0.25, -0.2) is 0 Å².